The molecule has 1 aliphatic heterocycles. The lowest BCUT2D eigenvalue weighted by molar-refractivity contribution is -0.130. The highest BCUT2D eigenvalue weighted by Crippen LogP contribution is 2.18. The number of amides is 1. The van der Waals surface area contributed by atoms with Gasteiger partial charge in [-0.1, -0.05) is 6.07 Å². The Morgan fingerprint density at radius 2 is 2.30 bits per heavy atom. The summed E-state index contributed by atoms with van der Waals surface area (Å²) in [6, 6.07) is 8.33. The van der Waals surface area contributed by atoms with Crippen LogP contribution in [0.1, 0.15) is 18.4 Å². The predicted molar refractivity (Wildman–Crippen MR) is 78.4 cm³/mol. The zero-order chi connectivity index (χ0) is 13.9. The quantitative estimate of drug-likeness (QED) is 0.893. The van der Waals surface area contributed by atoms with Gasteiger partial charge in [0.25, 0.3) is 0 Å². The Morgan fingerprint density at radius 1 is 1.40 bits per heavy atom. The maximum atomic E-state index is 12.1. The number of hydrogen-bond acceptors (Lipinski definition) is 2. The van der Waals surface area contributed by atoms with Gasteiger partial charge in [0, 0.05) is 43.7 Å². The second-order valence-electron chi connectivity index (χ2n) is 5.58. The molecule has 4 nitrogen and oxygen atoms in total. The number of carbonyl (C=O) groups is 1. The van der Waals surface area contributed by atoms with Crippen molar-refractivity contribution in [1.82, 2.24) is 9.88 Å². The minimum Gasteiger partial charge on any atom is -0.396 e. The van der Waals surface area contributed by atoms with Crippen LogP contribution in [0.2, 0.25) is 0 Å². The topological polar surface area (TPSA) is 56.3 Å². The first kappa shape index (κ1) is 13.2. The van der Waals surface area contributed by atoms with Crippen molar-refractivity contribution in [2.75, 3.05) is 19.7 Å². The highest BCUT2D eigenvalue weighted by molar-refractivity contribution is 5.80. The lowest BCUT2D eigenvalue weighted by atomic mass is 10.1. The van der Waals surface area contributed by atoms with Crippen LogP contribution in [0.3, 0.4) is 0 Å². The molecule has 2 N–H and O–H groups in total. The molecule has 20 heavy (non-hydrogen) atoms. The van der Waals surface area contributed by atoms with Gasteiger partial charge in [-0.05, 0) is 42.0 Å². The Kier molecular flexibility index (Phi) is 3.74. The Hall–Kier alpha value is -1.81. The number of aromatic amines is 1. The fraction of sp³-hybridized carbons (Fsp3) is 0.438. The van der Waals surface area contributed by atoms with Crippen molar-refractivity contribution in [2.24, 2.45) is 5.92 Å². The van der Waals surface area contributed by atoms with Gasteiger partial charge in [-0.15, -0.1) is 0 Å². The fourth-order valence-corrected chi connectivity index (χ4v) is 2.88. The van der Waals surface area contributed by atoms with Crippen LogP contribution in [0.5, 0.6) is 0 Å². The second-order valence-corrected chi connectivity index (χ2v) is 5.58. The molecule has 4 heteroatoms. The zero-order valence-corrected chi connectivity index (χ0v) is 11.5. The number of aliphatic hydroxyl groups is 1. The van der Waals surface area contributed by atoms with Gasteiger partial charge in [0.15, 0.2) is 0 Å². The van der Waals surface area contributed by atoms with Crippen molar-refractivity contribution in [1.29, 1.82) is 0 Å². The lowest BCUT2D eigenvalue weighted by Crippen LogP contribution is -2.29. The molecule has 0 radical (unpaired) electrons. The number of hydrogen-bond donors (Lipinski definition) is 2. The van der Waals surface area contributed by atoms with Gasteiger partial charge in [0.05, 0.1) is 0 Å². The van der Waals surface area contributed by atoms with E-state index in [4.69, 9.17) is 5.11 Å². The summed E-state index contributed by atoms with van der Waals surface area (Å²) in [6.45, 7) is 1.70. The number of aromatic nitrogens is 1. The summed E-state index contributed by atoms with van der Waals surface area (Å²) in [5.41, 5.74) is 2.33. The van der Waals surface area contributed by atoms with Crippen LogP contribution >= 0.6 is 0 Å². The van der Waals surface area contributed by atoms with Crippen LogP contribution in [0.15, 0.2) is 30.5 Å². The van der Waals surface area contributed by atoms with Crippen molar-refractivity contribution in [3.63, 3.8) is 0 Å². The zero-order valence-electron chi connectivity index (χ0n) is 11.5. The van der Waals surface area contributed by atoms with Crippen LogP contribution in [0.4, 0.5) is 0 Å². The van der Waals surface area contributed by atoms with Gasteiger partial charge in [0.1, 0.15) is 0 Å². The van der Waals surface area contributed by atoms with E-state index in [-0.39, 0.29) is 18.4 Å². The third-order valence-electron chi connectivity index (χ3n) is 4.14. The molecule has 2 aromatic rings. The minimum absolute atomic E-state index is 0.188. The monoisotopic (exact) mass is 272 g/mol. The molecule has 0 aliphatic carbocycles. The van der Waals surface area contributed by atoms with Crippen molar-refractivity contribution >= 4 is 16.8 Å². The number of nitrogens with zero attached hydrogens (tertiary/aromatic N) is 1. The highest BCUT2D eigenvalue weighted by Gasteiger charge is 2.25. The molecule has 0 spiro atoms. The summed E-state index contributed by atoms with van der Waals surface area (Å²) in [4.78, 5) is 17.2. The largest absolute Gasteiger partial charge is 0.396 e. The van der Waals surface area contributed by atoms with E-state index in [9.17, 15) is 4.79 Å². The molecule has 1 saturated heterocycles. The van der Waals surface area contributed by atoms with Gasteiger partial charge < -0.3 is 15.0 Å². The van der Waals surface area contributed by atoms with E-state index < -0.39 is 0 Å². The number of aliphatic hydroxyl groups excluding tert-OH is 1. The predicted octanol–water partition coefficient (Wildman–Crippen LogP) is 1.94. The third kappa shape index (κ3) is 2.70. The maximum absolute atomic E-state index is 12.1. The molecule has 1 amide bonds. The van der Waals surface area contributed by atoms with Crippen LogP contribution in [-0.2, 0) is 11.2 Å². The molecule has 1 unspecified atom stereocenters. The van der Waals surface area contributed by atoms with E-state index in [1.54, 1.807) is 0 Å². The molecule has 1 fully saturated rings. The van der Waals surface area contributed by atoms with Crippen LogP contribution in [0, 0.1) is 5.92 Å². The van der Waals surface area contributed by atoms with E-state index in [0.717, 1.165) is 24.9 Å². The lowest BCUT2D eigenvalue weighted by Gasteiger charge is -2.16. The number of likely N-dealkylation sites (tertiary alicyclic amines) is 1. The van der Waals surface area contributed by atoms with Gasteiger partial charge in [-0.3, -0.25) is 4.79 Å². The molecular weight excluding hydrogens is 252 g/mol. The number of H-pyrrole nitrogens is 1. The standard InChI is InChI=1S/C16H20N2O2/c19-11-13-6-8-18(10-13)16(20)4-2-12-1-3-15-14(9-12)5-7-17-15/h1,3,5,7,9,13,17,19H,2,4,6,8,10-11H2. The van der Waals surface area contributed by atoms with E-state index in [2.05, 4.69) is 23.2 Å². The summed E-state index contributed by atoms with van der Waals surface area (Å²) in [5, 5.41) is 10.3. The Labute approximate surface area is 118 Å². The van der Waals surface area contributed by atoms with Crippen molar-refractivity contribution in [2.45, 2.75) is 19.3 Å². The molecule has 0 saturated carbocycles. The van der Waals surface area contributed by atoms with E-state index in [0.29, 0.717) is 13.0 Å². The number of fused-ring (bicyclic) bond motifs is 1. The number of rotatable bonds is 4. The van der Waals surface area contributed by atoms with Crippen molar-refractivity contribution < 1.29 is 9.90 Å². The van der Waals surface area contributed by atoms with Crippen LogP contribution in [-0.4, -0.2) is 40.6 Å². The highest BCUT2D eigenvalue weighted by atomic mass is 16.3. The maximum Gasteiger partial charge on any atom is 0.222 e. The van der Waals surface area contributed by atoms with E-state index in [1.165, 1.54) is 10.9 Å². The van der Waals surface area contributed by atoms with Crippen molar-refractivity contribution in [3.8, 4) is 0 Å². The summed E-state index contributed by atoms with van der Waals surface area (Å²) >= 11 is 0. The summed E-state index contributed by atoms with van der Waals surface area (Å²) in [6.07, 6.45) is 4.19. The second kappa shape index (κ2) is 5.67. The summed E-state index contributed by atoms with van der Waals surface area (Å²) in [5.74, 6) is 0.477. The Balaban J connectivity index is 1.57. The van der Waals surface area contributed by atoms with E-state index >= 15 is 0 Å². The van der Waals surface area contributed by atoms with Crippen molar-refractivity contribution in [3.05, 3.63) is 36.0 Å². The molecule has 3 rings (SSSR count). The molecule has 1 atom stereocenters. The molecule has 106 valence electrons. The molecule has 1 aromatic heterocycles. The van der Waals surface area contributed by atoms with E-state index in [1.807, 2.05) is 17.2 Å². The molecule has 2 heterocycles. The third-order valence-corrected chi connectivity index (χ3v) is 4.14. The minimum atomic E-state index is 0.188. The van der Waals surface area contributed by atoms with Crippen LogP contribution in [0.25, 0.3) is 10.9 Å². The normalized spacial score (nSPS) is 18.9. The molecular formula is C16H20N2O2. The fourth-order valence-electron chi connectivity index (χ4n) is 2.88. The SMILES string of the molecule is O=C(CCc1ccc2[nH]ccc2c1)N1CCC(CO)C1. The number of nitrogens with one attached hydrogen (secondary N) is 1. The Morgan fingerprint density at radius 3 is 3.10 bits per heavy atom. The number of benzene rings is 1. The summed E-state index contributed by atoms with van der Waals surface area (Å²) in [7, 11) is 0. The molecule has 1 aliphatic rings. The average Bonchev–Trinajstić information content (AvgIpc) is 3.12. The molecule has 0 bridgehead atoms. The first-order valence-electron chi connectivity index (χ1n) is 7.21. The average molecular weight is 272 g/mol. The number of aryl methyl sites for hydroxylation is 1. The Bertz CT molecular complexity index is 605. The van der Waals surface area contributed by atoms with Gasteiger partial charge in [-0.2, -0.15) is 0 Å². The first-order valence-corrected chi connectivity index (χ1v) is 7.21. The van der Waals surface area contributed by atoms with Gasteiger partial charge in [-0.25, -0.2) is 0 Å². The first-order chi connectivity index (χ1) is 9.76. The van der Waals surface area contributed by atoms with Gasteiger partial charge in [0.2, 0.25) is 5.91 Å². The smallest absolute Gasteiger partial charge is 0.222 e. The number of carbonyl (C=O) groups excluding carboxylic acids is 1. The van der Waals surface area contributed by atoms with Crippen LogP contribution < -0.4 is 0 Å². The van der Waals surface area contributed by atoms with Gasteiger partial charge >= 0.3 is 0 Å². The molecule has 1 aromatic carbocycles. The summed E-state index contributed by atoms with van der Waals surface area (Å²) < 4.78 is 0.